The second-order valence-electron chi connectivity index (χ2n) is 3.22. The highest BCUT2D eigenvalue weighted by Crippen LogP contribution is 2.16. The third-order valence-electron chi connectivity index (χ3n) is 1.95. The average molecular weight is 281 g/mol. The van der Waals surface area contributed by atoms with Crippen molar-refractivity contribution in [3.8, 4) is 0 Å². The van der Waals surface area contributed by atoms with Crippen molar-refractivity contribution in [1.82, 2.24) is 4.72 Å². The highest BCUT2D eigenvalue weighted by atomic mass is 35.5. The quantitative estimate of drug-likeness (QED) is 0.863. The van der Waals surface area contributed by atoms with Gasteiger partial charge in [-0.15, -0.1) is 0 Å². The molecule has 1 aromatic carbocycles. The minimum atomic E-state index is -4.10. The summed E-state index contributed by atoms with van der Waals surface area (Å²) < 4.78 is 36.8. The van der Waals surface area contributed by atoms with E-state index in [4.69, 9.17) is 11.6 Å². The van der Waals surface area contributed by atoms with Gasteiger partial charge in [-0.1, -0.05) is 17.7 Å². The third kappa shape index (κ3) is 3.95. The molecule has 0 saturated heterocycles. The summed E-state index contributed by atoms with van der Waals surface area (Å²) in [6.45, 7) is -0.0206. The lowest BCUT2D eigenvalue weighted by molar-refractivity contribution is 0.265. The molecule has 1 amide bonds. The average Bonchev–Trinajstić information content (AvgIpc) is 2.23. The molecule has 3 N–H and O–H groups in total. The maximum Gasteiger partial charge on any atom is 0.349 e. The molecule has 5 nitrogen and oxygen atoms in total. The third-order valence-corrected chi connectivity index (χ3v) is 3.36. The van der Waals surface area contributed by atoms with Crippen LogP contribution < -0.4 is 10.5 Å². The Kier molecular flexibility index (Phi) is 4.44. The fraction of sp³-hybridized carbons (Fsp3) is 0.222. The molecule has 1 aromatic rings. The normalized spacial score (nSPS) is 11.4. The Morgan fingerprint density at radius 3 is 2.65 bits per heavy atom. The Labute approximate surface area is 103 Å². The van der Waals surface area contributed by atoms with Crippen molar-refractivity contribution >= 4 is 26.9 Å². The molecule has 0 heterocycles. The van der Waals surface area contributed by atoms with E-state index in [0.29, 0.717) is 5.56 Å². The van der Waals surface area contributed by atoms with Crippen molar-refractivity contribution in [3.63, 3.8) is 0 Å². The van der Waals surface area contributed by atoms with Crippen LogP contribution in [0.3, 0.4) is 0 Å². The number of primary amides is 1. The molecule has 0 bridgehead atoms. The predicted octanol–water partition coefficient (Wildman–Crippen LogP) is 1.02. The summed E-state index contributed by atoms with van der Waals surface area (Å²) >= 11 is 5.55. The van der Waals surface area contributed by atoms with E-state index in [-0.39, 0.29) is 18.0 Å². The van der Waals surface area contributed by atoms with Crippen LogP contribution in [-0.2, 0) is 16.4 Å². The highest BCUT2D eigenvalue weighted by molar-refractivity contribution is 8.04. The Bertz CT molecular complexity index is 533. The number of amides is 1. The van der Waals surface area contributed by atoms with Gasteiger partial charge in [0.05, 0.1) is 5.02 Å². The van der Waals surface area contributed by atoms with Crippen LogP contribution in [0.2, 0.25) is 5.02 Å². The van der Waals surface area contributed by atoms with Crippen LogP contribution in [0.1, 0.15) is 5.56 Å². The van der Waals surface area contributed by atoms with Gasteiger partial charge in [-0.3, -0.25) is 4.79 Å². The van der Waals surface area contributed by atoms with Crippen molar-refractivity contribution in [2.75, 3.05) is 6.54 Å². The van der Waals surface area contributed by atoms with Crippen LogP contribution in [0.15, 0.2) is 18.2 Å². The standard InChI is InChI=1S/C9H10ClFN2O3S/c10-7-5-6(1-2-8(7)11)3-4-13-17(15,16)9(12)14/h1-2,5,13H,3-4H2,(H2,12,14). The summed E-state index contributed by atoms with van der Waals surface area (Å²) in [6, 6.07) is 4.04. The van der Waals surface area contributed by atoms with E-state index in [2.05, 4.69) is 5.73 Å². The molecule has 1 rings (SSSR count). The maximum atomic E-state index is 12.8. The van der Waals surface area contributed by atoms with Gasteiger partial charge in [0.1, 0.15) is 5.82 Å². The smallest absolute Gasteiger partial charge is 0.349 e. The van der Waals surface area contributed by atoms with Gasteiger partial charge < -0.3 is 5.73 Å². The topological polar surface area (TPSA) is 89.3 Å². The van der Waals surface area contributed by atoms with Gasteiger partial charge in [-0.2, -0.15) is 0 Å². The first-order valence-electron chi connectivity index (χ1n) is 4.56. The molecule has 0 atom stereocenters. The van der Waals surface area contributed by atoms with Crippen LogP contribution in [0.5, 0.6) is 0 Å². The summed E-state index contributed by atoms with van der Waals surface area (Å²) in [5, 5.41) is -1.48. The summed E-state index contributed by atoms with van der Waals surface area (Å²) in [5.74, 6) is -0.548. The molecule has 0 spiro atoms. The number of rotatable bonds is 4. The van der Waals surface area contributed by atoms with Gasteiger partial charge >= 0.3 is 5.24 Å². The van der Waals surface area contributed by atoms with E-state index in [0.717, 1.165) is 0 Å². The fourth-order valence-electron chi connectivity index (χ4n) is 1.10. The first kappa shape index (κ1) is 13.9. The van der Waals surface area contributed by atoms with Crippen molar-refractivity contribution in [3.05, 3.63) is 34.6 Å². The second kappa shape index (κ2) is 5.44. The highest BCUT2D eigenvalue weighted by Gasteiger charge is 2.16. The Morgan fingerprint density at radius 1 is 1.47 bits per heavy atom. The lowest BCUT2D eigenvalue weighted by Crippen LogP contribution is -2.35. The monoisotopic (exact) mass is 280 g/mol. The molecule has 17 heavy (non-hydrogen) atoms. The Morgan fingerprint density at radius 2 is 2.12 bits per heavy atom. The number of nitrogens with two attached hydrogens (primary N) is 1. The van der Waals surface area contributed by atoms with Gasteiger partial charge in [-0.25, -0.2) is 17.5 Å². The number of carbonyl (C=O) groups excluding carboxylic acids is 1. The molecule has 0 aliphatic carbocycles. The summed E-state index contributed by atoms with van der Waals surface area (Å²) in [7, 11) is -4.10. The number of benzene rings is 1. The number of nitrogens with one attached hydrogen (secondary N) is 1. The maximum absolute atomic E-state index is 12.8. The lowest BCUT2D eigenvalue weighted by atomic mass is 10.1. The molecular formula is C9H10ClFN2O3S. The van der Waals surface area contributed by atoms with Crippen LogP contribution in [0.4, 0.5) is 9.18 Å². The van der Waals surface area contributed by atoms with Crippen molar-refractivity contribution in [1.29, 1.82) is 0 Å². The van der Waals surface area contributed by atoms with E-state index in [9.17, 15) is 17.6 Å². The number of hydrogen-bond donors (Lipinski definition) is 2. The molecule has 0 aromatic heterocycles. The van der Waals surface area contributed by atoms with Crippen molar-refractivity contribution < 1.29 is 17.6 Å². The minimum absolute atomic E-state index is 0.0206. The zero-order chi connectivity index (χ0) is 13.1. The molecule has 0 aliphatic rings. The molecule has 0 aliphatic heterocycles. The molecule has 0 fully saturated rings. The van der Waals surface area contributed by atoms with Crippen molar-refractivity contribution in [2.45, 2.75) is 6.42 Å². The number of carbonyl (C=O) groups is 1. The largest absolute Gasteiger partial charge is 0.355 e. The van der Waals surface area contributed by atoms with E-state index >= 15 is 0 Å². The van der Waals surface area contributed by atoms with Gasteiger partial charge in [0, 0.05) is 6.54 Å². The van der Waals surface area contributed by atoms with E-state index in [1.807, 2.05) is 4.72 Å². The molecule has 0 unspecified atom stereocenters. The number of hydrogen-bond acceptors (Lipinski definition) is 3. The predicted molar refractivity (Wildman–Crippen MR) is 61.6 cm³/mol. The van der Waals surface area contributed by atoms with E-state index in [1.54, 1.807) is 0 Å². The molecular weight excluding hydrogens is 271 g/mol. The van der Waals surface area contributed by atoms with Crippen molar-refractivity contribution in [2.24, 2.45) is 5.73 Å². The second-order valence-corrected chi connectivity index (χ2v) is 5.32. The Hall–Kier alpha value is -1.18. The number of sulfonamides is 1. The zero-order valence-electron chi connectivity index (χ0n) is 8.61. The van der Waals surface area contributed by atoms with Crippen LogP contribution in [0, 0.1) is 5.82 Å². The van der Waals surface area contributed by atoms with Crippen LogP contribution in [-0.4, -0.2) is 20.2 Å². The van der Waals surface area contributed by atoms with Gasteiger partial charge in [-0.05, 0) is 24.1 Å². The summed E-state index contributed by atoms with van der Waals surface area (Å²) in [4.78, 5) is 10.5. The molecule has 0 radical (unpaired) electrons. The van der Waals surface area contributed by atoms with Crippen LogP contribution >= 0.6 is 11.6 Å². The van der Waals surface area contributed by atoms with Gasteiger partial charge in [0.15, 0.2) is 0 Å². The Balaban J connectivity index is 2.58. The van der Waals surface area contributed by atoms with E-state index < -0.39 is 21.1 Å². The molecule has 94 valence electrons. The zero-order valence-corrected chi connectivity index (χ0v) is 10.2. The summed E-state index contributed by atoms with van der Waals surface area (Å²) in [6.07, 6.45) is 0.270. The first-order chi connectivity index (χ1) is 7.83. The van der Waals surface area contributed by atoms with Gasteiger partial charge in [0.2, 0.25) is 0 Å². The lowest BCUT2D eigenvalue weighted by Gasteiger charge is -2.04. The SMILES string of the molecule is NC(=O)S(=O)(=O)NCCc1ccc(F)c(Cl)c1. The van der Waals surface area contributed by atoms with Crippen LogP contribution in [0.25, 0.3) is 0 Å². The van der Waals surface area contributed by atoms with Gasteiger partial charge in [0.25, 0.3) is 10.0 Å². The van der Waals surface area contributed by atoms with E-state index in [1.165, 1.54) is 18.2 Å². The first-order valence-corrected chi connectivity index (χ1v) is 6.42. The molecule has 0 saturated carbocycles. The number of halogens is 2. The summed E-state index contributed by atoms with van der Waals surface area (Å²) in [5.41, 5.74) is 5.28. The fourth-order valence-corrected chi connectivity index (χ4v) is 1.81. The molecule has 8 heteroatoms. The minimum Gasteiger partial charge on any atom is -0.355 e.